The fourth-order valence-electron chi connectivity index (χ4n) is 2.11. The summed E-state index contributed by atoms with van der Waals surface area (Å²) < 4.78 is 7.48. The van der Waals surface area contributed by atoms with Crippen LogP contribution in [0.15, 0.2) is 18.5 Å². The van der Waals surface area contributed by atoms with Crippen LogP contribution >= 0.6 is 0 Å². The number of aliphatic hydroxyl groups is 1. The molecule has 0 saturated carbocycles. The van der Waals surface area contributed by atoms with E-state index in [9.17, 15) is 5.11 Å². The van der Waals surface area contributed by atoms with Gasteiger partial charge in [0.1, 0.15) is 0 Å². The normalized spacial score (nSPS) is 19.4. The van der Waals surface area contributed by atoms with Crippen LogP contribution in [-0.4, -0.2) is 47.4 Å². The summed E-state index contributed by atoms with van der Waals surface area (Å²) in [5, 5.41) is 9.72. The highest BCUT2D eigenvalue weighted by molar-refractivity contribution is 5.13. The Morgan fingerprint density at radius 2 is 2.12 bits per heavy atom. The highest BCUT2D eigenvalue weighted by Gasteiger charge is 2.10. The van der Waals surface area contributed by atoms with Crippen LogP contribution < -0.4 is 0 Å². The first-order valence-electron chi connectivity index (χ1n) is 6.43. The molecule has 2 heterocycles. The van der Waals surface area contributed by atoms with Gasteiger partial charge >= 0.3 is 0 Å². The van der Waals surface area contributed by atoms with E-state index in [0.29, 0.717) is 0 Å². The van der Waals surface area contributed by atoms with Crippen molar-refractivity contribution >= 4 is 0 Å². The maximum atomic E-state index is 9.72. The van der Waals surface area contributed by atoms with Crippen LogP contribution in [0.3, 0.4) is 0 Å². The van der Waals surface area contributed by atoms with Crippen molar-refractivity contribution in [2.24, 2.45) is 0 Å². The van der Waals surface area contributed by atoms with Gasteiger partial charge in [-0.05, 0) is 18.1 Å². The summed E-state index contributed by atoms with van der Waals surface area (Å²) in [6, 6.07) is 2.01. The van der Waals surface area contributed by atoms with Gasteiger partial charge in [0, 0.05) is 38.6 Å². The van der Waals surface area contributed by atoms with Gasteiger partial charge in [-0.3, -0.25) is 4.90 Å². The number of aliphatic hydroxyl groups excluding tert-OH is 1. The summed E-state index contributed by atoms with van der Waals surface area (Å²) in [5.41, 5.74) is 1.02. The molecule has 1 N–H and O–H groups in total. The number of hydrogen-bond acceptors (Lipinski definition) is 3. The lowest BCUT2D eigenvalue weighted by molar-refractivity contribution is 0.0364. The molecule has 96 valence electrons. The number of nitrogens with zero attached hydrogens (tertiary/aromatic N) is 2. The van der Waals surface area contributed by atoms with Crippen molar-refractivity contribution in [1.82, 2.24) is 9.47 Å². The molecule has 0 radical (unpaired) electrons. The zero-order valence-corrected chi connectivity index (χ0v) is 10.5. The molecule has 1 unspecified atom stereocenters. The standard InChI is InChI=1S/C13H22N2O2/c1-2-13(16)12-3-4-15(11-12)6-5-14-7-9-17-10-8-14/h3-4,11,13,16H,2,5-10H2,1H3. The van der Waals surface area contributed by atoms with Crippen molar-refractivity contribution in [2.45, 2.75) is 26.0 Å². The molecule has 1 atom stereocenters. The van der Waals surface area contributed by atoms with Crippen molar-refractivity contribution < 1.29 is 9.84 Å². The molecule has 0 amide bonds. The highest BCUT2D eigenvalue weighted by Crippen LogP contribution is 2.16. The third-order valence-electron chi connectivity index (χ3n) is 3.32. The minimum absolute atomic E-state index is 0.320. The van der Waals surface area contributed by atoms with Crippen LogP contribution in [-0.2, 0) is 11.3 Å². The van der Waals surface area contributed by atoms with Gasteiger partial charge < -0.3 is 14.4 Å². The zero-order chi connectivity index (χ0) is 12.1. The van der Waals surface area contributed by atoms with Crippen molar-refractivity contribution in [3.8, 4) is 0 Å². The Morgan fingerprint density at radius 1 is 1.35 bits per heavy atom. The topological polar surface area (TPSA) is 37.6 Å². The smallest absolute Gasteiger partial charge is 0.0802 e. The largest absolute Gasteiger partial charge is 0.388 e. The Morgan fingerprint density at radius 3 is 2.82 bits per heavy atom. The lowest BCUT2D eigenvalue weighted by atomic mass is 10.1. The summed E-state index contributed by atoms with van der Waals surface area (Å²) in [6.45, 7) is 7.81. The van der Waals surface area contributed by atoms with Crippen molar-refractivity contribution in [3.63, 3.8) is 0 Å². The van der Waals surface area contributed by atoms with E-state index < -0.39 is 0 Å². The zero-order valence-electron chi connectivity index (χ0n) is 10.5. The third kappa shape index (κ3) is 3.56. The third-order valence-corrected chi connectivity index (χ3v) is 3.32. The maximum absolute atomic E-state index is 9.72. The maximum Gasteiger partial charge on any atom is 0.0802 e. The molecular formula is C13H22N2O2. The Bertz CT molecular complexity index is 332. The average Bonchev–Trinajstić information content (AvgIpc) is 2.85. The molecular weight excluding hydrogens is 216 g/mol. The second kappa shape index (κ2) is 6.19. The molecule has 0 aromatic carbocycles. The van der Waals surface area contributed by atoms with Gasteiger partial charge in [0.2, 0.25) is 0 Å². The van der Waals surface area contributed by atoms with Crippen LogP contribution in [0.25, 0.3) is 0 Å². The fraction of sp³-hybridized carbons (Fsp3) is 0.692. The molecule has 4 heteroatoms. The van der Waals surface area contributed by atoms with Gasteiger partial charge in [0.25, 0.3) is 0 Å². The van der Waals surface area contributed by atoms with Crippen LogP contribution in [0.4, 0.5) is 0 Å². The summed E-state index contributed by atoms with van der Waals surface area (Å²) >= 11 is 0. The molecule has 2 rings (SSSR count). The summed E-state index contributed by atoms with van der Waals surface area (Å²) in [6.07, 6.45) is 4.55. The van der Waals surface area contributed by atoms with Gasteiger partial charge in [-0.2, -0.15) is 0 Å². The Kier molecular flexibility index (Phi) is 4.59. The van der Waals surface area contributed by atoms with E-state index in [1.165, 1.54) is 0 Å². The predicted octanol–water partition coefficient (Wildman–Crippen LogP) is 1.26. The average molecular weight is 238 g/mol. The molecule has 0 bridgehead atoms. The SMILES string of the molecule is CCC(O)c1ccn(CCN2CCOCC2)c1. The van der Waals surface area contributed by atoms with Gasteiger partial charge in [0.05, 0.1) is 19.3 Å². The van der Waals surface area contributed by atoms with Crippen molar-refractivity contribution in [1.29, 1.82) is 0 Å². The minimum Gasteiger partial charge on any atom is -0.388 e. The van der Waals surface area contributed by atoms with E-state index in [0.717, 1.165) is 51.4 Å². The van der Waals surface area contributed by atoms with E-state index in [1.54, 1.807) is 0 Å². The fourth-order valence-corrected chi connectivity index (χ4v) is 2.11. The van der Waals surface area contributed by atoms with E-state index >= 15 is 0 Å². The van der Waals surface area contributed by atoms with Crippen LogP contribution in [0.5, 0.6) is 0 Å². The summed E-state index contributed by atoms with van der Waals surface area (Å²) in [4.78, 5) is 2.42. The molecule has 1 fully saturated rings. The van der Waals surface area contributed by atoms with Gasteiger partial charge in [0.15, 0.2) is 0 Å². The second-order valence-corrected chi connectivity index (χ2v) is 4.56. The lowest BCUT2D eigenvalue weighted by Gasteiger charge is -2.26. The molecule has 0 spiro atoms. The molecule has 1 saturated heterocycles. The van der Waals surface area contributed by atoms with Crippen molar-refractivity contribution in [2.75, 3.05) is 32.8 Å². The Balaban J connectivity index is 1.80. The summed E-state index contributed by atoms with van der Waals surface area (Å²) in [7, 11) is 0. The molecule has 4 nitrogen and oxygen atoms in total. The quantitative estimate of drug-likeness (QED) is 0.839. The highest BCUT2D eigenvalue weighted by atomic mass is 16.5. The first-order valence-corrected chi connectivity index (χ1v) is 6.43. The van der Waals surface area contributed by atoms with Crippen LogP contribution in [0.2, 0.25) is 0 Å². The number of aromatic nitrogens is 1. The van der Waals surface area contributed by atoms with Gasteiger partial charge in [-0.25, -0.2) is 0 Å². The molecule has 1 aromatic rings. The molecule has 1 aliphatic heterocycles. The lowest BCUT2D eigenvalue weighted by Crippen LogP contribution is -2.38. The van der Waals surface area contributed by atoms with Crippen LogP contribution in [0.1, 0.15) is 25.0 Å². The number of ether oxygens (including phenoxy) is 1. The minimum atomic E-state index is -0.320. The first-order chi connectivity index (χ1) is 8.29. The predicted molar refractivity (Wildman–Crippen MR) is 66.9 cm³/mol. The summed E-state index contributed by atoms with van der Waals surface area (Å²) in [5.74, 6) is 0. The number of hydrogen-bond donors (Lipinski definition) is 1. The number of rotatable bonds is 5. The Labute approximate surface area is 103 Å². The van der Waals surface area contributed by atoms with Gasteiger partial charge in [-0.15, -0.1) is 0 Å². The Hall–Kier alpha value is -0.840. The van der Waals surface area contributed by atoms with Crippen LogP contribution in [0, 0.1) is 0 Å². The molecule has 17 heavy (non-hydrogen) atoms. The van der Waals surface area contributed by atoms with E-state index in [4.69, 9.17) is 4.74 Å². The first kappa shape index (κ1) is 12.6. The van der Waals surface area contributed by atoms with Gasteiger partial charge in [-0.1, -0.05) is 6.92 Å². The number of morpholine rings is 1. The monoisotopic (exact) mass is 238 g/mol. The van der Waals surface area contributed by atoms with E-state index in [-0.39, 0.29) is 6.10 Å². The molecule has 1 aromatic heterocycles. The van der Waals surface area contributed by atoms with E-state index in [1.807, 2.05) is 13.0 Å². The molecule has 0 aliphatic carbocycles. The molecule has 1 aliphatic rings. The second-order valence-electron chi connectivity index (χ2n) is 4.56. The van der Waals surface area contributed by atoms with E-state index in [2.05, 4.69) is 21.9 Å². The van der Waals surface area contributed by atoms with Crippen molar-refractivity contribution in [3.05, 3.63) is 24.0 Å².